The van der Waals surface area contributed by atoms with Gasteiger partial charge in [0.15, 0.2) is 0 Å². The fourth-order valence-electron chi connectivity index (χ4n) is 0.750. The second-order valence-corrected chi connectivity index (χ2v) is 3.04. The molecule has 0 bridgehead atoms. The molecule has 0 spiro atoms. The second-order valence-electron chi connectivity index (χ2n) is 2.22. The van der Waals surface area contributed by atoms with Gasteiger partial charge in [0.25, 0.3) is 0 Å². The Morgan fingerprint density at radius 2 is 1.15 bits per heavy atom. The third kappa shape index (κ3) is 32.6. The zero-order valence-electron chi connectivity index (χ0n) is 8.16. The molecule has 1 radical (unpaired) electrons. The first-order valence-corrected chi connectivity index (χ1v) is 5.18. The van der Waals surface area contributed by atoms with E-state index in [-0.39, 0.29) is 21.7 Å². The van der Waals surface area contributed by atoms with Crippen molar-refractivity contribution in [3.63, 3.8) is 0 Å². The van der Waals surface area contributed by atoms with Crippen LogP contribution in [0.3, 0.4) is 0 Å². The summed E-state index contributed by atoms with van der Waals surface area (Å²) in [5.41, 5.74) is 0. The molecule has 0 amide bonds. The third-order valence-electron chi connectivity index (χ3n) is 1.50. The van der Waals surface area contributed by atoms with E-state index in [1.165, 1.54) is 19.6 Å². The van der Waals surface area contributed by atoms with Crippen LogP contribution in [0.15, 0.2) is 0 Å². The third-order valence-corrected chi connectivity index (χ3v) is 1.50. The molecule has 1 N–H and O–H groups in total. The summed E-state index contributed by atoms with van der Waals surface area (Å²) in [7, 11) is -5.17. The van der Waals surface area contributed by atoms with Crippen LogP contribution >= 0.6 is 0 Å². The molecule has 0 rings (SSSR count). The minimum Gasteiger partial charge on any atom is -0.759 e. The van der Waals surface area contributed by atoms with Gasteiger partial charge in [-0.25, -0.2) is 0 Å². The number of hydrogen-bond donors (Lipinski definition) is 1. The van der Waals surface area contributed by atoms with Gasteiger partial charge in [-0.3, -0.25) is 8.42 Å². The number of hydrogen-bond acceptors (Lipinski definition) is 4. The Kier molecular flexibility index (Phi) is 15.7. The van der Waals surface area contributed by atoms with Crippen molar-refractivity contribution >= 4 is 10.4 Å². The average molecular weight is 246 g/mol. The molecule has 0 saturated carbocycles. The van der Waals surface area contributed by atoms with Crippen LogP contribution < -0.4 is 4.90 Å². The number of rotatable bonds is 3. The molecule has 13 heavy (non-hydrogen) atoms. The normalized spacial score (nSPS) is 10.0. The van der Waals surface area contributed by atoms with Gasteiger partial charge < -0.3 is 14.0 Å². The number of nitrogens with one attached hydrogen (secondary N) is 1. The van der Waals surface area contributed by atoms with E-state index >= 15 is 0 Å². The summed E-state index contributed by atoms with van der Waals surface area (Å²) >= 11 is 0. The Balaban J connectivity index is -0.000000150. The fraction of sp³-hybridized carbons (Fsp3) is 1.00. The van der Waals surface area contributed by atoms with Crippen LogP contribution in [-0.2, 0) is 32.1 Å². The van der Waals surface area contributed by atoms with Crippen molar-refractivity contribution in [2.24, 2.45) is 0 Å². The summed E-state index contributed by atoms with van der Waals surface area (Å²) in [5, 5.41) is 0. The standard InChI is InChI=1S/C6H15N.H2O4S.Ti/c1-4-7(5-2)6-3;1-5(2,3)4;/h4-6H2,1-3H3;(H2,1,2,3,4);/q;;+1/p-1. The van der Waals surface area contributed by atoms with Crippen molar-refractivity contribution in [1.82, 2.24) is 0 Å². The maximum atomic E-state index is 8.52. The second kappa shape index (κ2) is 10.6. The summed E-state index contributed by atoms with van der Waals surface area (Å²) in [6.07, 6.45) is 0. The van der Waals surface area contributed by atoms with E-state index in [1.54, 1.807) is 4.90 Å². The Hall–Kier alpha value is 0.544. The van der Waals surface area contributed by atoms with Gasteiger partial charge in [-0.05, 0) is 20.8 Å². The minimum atomic E-state index is -5.17. The molecule has 0 saturated heterocycles. The Labute approximate surface area is 95.0 Å². The molecule has 0 aliphatic carbocycles. The molecule has 0 aromatic heterocycles. The molecule has 0 aromatic rings. The molecule has 0 aromatic carbocycles. The van der Waals surface area contributed by atoms with Gasteiger partial charge in [0.1, 0.15) is 0 Å². The maximum absolute atomic E-state index is 8.52. The van der Waals surface area contributed by atoms with Crippen LogP contribution in [0.2, 0.25) is 0 Å². The molecular weight excluding hydrogens is 230 g/mol. The quantitative estimate of drug-likeness (QED) is 0.376. The van der Waals surface area contributed by atoms with E-state index in [0.717, 1.165) is 0 Å². The molecule has 0 aliphatic rings. The molecule has 0 atom stereocenters. The maximum Gasteiger partial charge on any atom is 1.00 e. The largest absolute Gasteiger partial charge is 1.00 e. The molecule has 0 heterocycles. The van der Waals surface area contributed by atoms with Crippen molar-refractivity contribution in [2.75, 3.05) is 19.6 Å². The Morgan fingerprint density at radius 3 is 1.15 bits per heavy atom. The number of quaternary nitrogens is 1. The predicted molar refractivity (Wildman–Crippen MR) is 43.1 cm³/mol. The summed E-state index contributed by atoms with van der Waals surface area (Å²) in [6.45, 7) is 10.5. The SMILES string of the molecule is CC[NH+](CC)CC.O=S(=O)([O-])[O-].[Ti+]. The van der Waals surface area contributed by atoms with E-state index in [0.29, 0.717) is 0 Å². The van der Waals surface area contributed by atoms with Crippen LogP contribution in [0, 0.1) is 0 Å². The average Bonchev–Trinajstić information content (AvgIpc) is 1.88. The Morgan fingerprint density at radius 1 is 1.00 bits per heavy atom. The van der Waals surface area contributed by atoms with Crippen LogP contribution in [-0.4, -0.2) is 37.2 Å². The molecule has 0 fully saturated rings. The first-order valence-electron chi connectivity index (χ1n) is 3.85. The van der Waals surface area contributed by atoms with Crippen molar-refractivity contribution in [1.29, 1.82) is 0 Å². The van der Waals surface area contributed by atoms with E-state index in [1.807, 2.05) is 0 Å². The van der Waals surface area contributed by atoms with Crippen molar-refractivity contribution in [3.05, 3.63) is 0 Å². The summed E-state index contributed by atoms with van der Waals surface area (Å²) in [5.74, 6) is 0. The van der Waals surface area contributed by atoms with Crippen molar-refractivity contribution < 1.29 is 44.1 Å². The van der Waals surface area contributed by atoms with E-state index in [2.05, 4.69) is 20.8 Å². The molecular formula is C6H16NO4STi. The first-order chi connectivity index (χ1) is 5.35. The summed E-state index contributed by atoms with van der Waals surface area (Å²) in [4.78, 5) is 1.68. The predicted octanol–water partition coefficient (Wildman–Crippen LogP) is -1.41. The van der Waals surface area contributed by atoms with E-state index < -0.39 is 10.4 Å². The topological polar surface area (TPSA) is 84.7 Å². The van der Waals surface area contributed by atoms with Gasteiger partial charge in [0.2, 0.25) is 0 Å². The van der Waals surface area contributed by atoms with E-state index in [9.17, 15) is 0 Å². The van der Waals surface area contributed by atoms with E-state index in [4.69, 9.17) is 17.5 Å². The monoisotopic (exact) mass is 246 g/mol. The van der Waals surface area contributed by atoms with Gasteiger partial charge in [0, 0.05) is 10.4 Å². The van der Waals surface area contributed by atoms with Crippen molar-refractivity contribution in [2.45, 2.75) is 20.8 Å². The van der Waals surface area contributed by atoms with Crippen LogP contribution in [0.1, 0.15) is 20.8 Å². The molecule has 79 valence electrons. The zero-order valence-corrected chi connectivity index (χ0v) is 10.5. The Bertz CT molecular complexity index is 166. The van der Waals surface area contributed by atoms with Crippen LogP contribution in [0.4, 0.5) is 0 Å². The van der Waals surface area contributed by atoms with Crippen molar-refractivity contribution in [3.8, 4) is 0 Å². The summed E-state index contributed by atoms with van der Waals surface area (Å²) in [6, 6.07) is 0. The molecule has 0 aliphatic heterocycles. The van der Waals surface area contributed by atoms with Gasteiger partial charge in [0.05, 0.1) is 19.6 Å². The zero-order chi connectivity index (χ0) is 10.2. The van der Waals surface area contributed by atoms with Crippen LogP contribution in [0.5, 0.6) is 0 Å². The van der Waals surface area contributed by atoms with Gasteiger partial charge in [-0.1, -0.05) is 0 Å². The molecule has 0 unspecified atom stereocenters. The fourth-order valence-corrected chi connectivity index (χ4v) is 0.750. The van der Waals surface area contributed by atoms with Gasteiger partial charge >= 0.3 is 21.7 Å². The summed E-state index contributed by atoms with van der Waals surface area (Å²) < 4.78 is 34.1. The van der Waals surface area contributed by atoms with Crippen LogP contribution in [0.25, 0.3) is 0 Å². The first kappa shape index (κ1) is 19.2. The smallest absolute Gasteiger partial charge is 0.759 e. The van der Waals surface area contributed by atoms with Gasteiger partial charge in [-0.2, -0.15) is 0 Å². The minimum absolute atomic E-state index is 0. The molecule has 7 heteroatoms. The van der Waals surface area contributed by atoms with Gasteiger partial charge in [-0.15, -0.1) is 0 Å². The molecule has 5 nitrogen and oxygen atoms in total.